The van der Waals surface area contributed by atoms with Crippen molar-refractivity contribution in [2.45, 2.75) is 24.3 Å². The van der Waals surface area contributed by atoms with E-state index in [9.17, 15) is 9.00 Å². The van der Waals surface area contributed by atoms with Gasteiger partial charge in [-0.2, -0.15) is 0 Å². The zero-order chi connectivity index (χ0) is 15.2. The molecule has 0 aliphatic rings. The van der Waals surface area contributed by atoms with E-state index in [4.69, 9.17) is 4.42 Å². The van der Waals surface area contributed by atoms with Crippen molar-refractivity contribution in [3.05, 3.63) is 54.0 Å². The largest absolute Gasteiger partial charge is 0.469 e. The molecule has 0 aliphatic carbocycles. The molecular formula is C15H17NO4S. The summed E-state index contributed by atoms with van der Waals surface area (Å²) in [4.78, 5) is 12.1. The van der Waals surface area contributed by atoms with Gasteiger partial charge in [-0.3, -0.25) is 4.79 Å². The Bertz CT molecular complexity index is 607. The van der Waals surface area contributed by atoms with Crippen LogP contribution in [0.25, 0.3) is 0 Å². The van der Waals surface area contributed by atoms with Crippen LogP contribution in [0.2, 0.25) is 0 Å². The van der Waals surface area contributed by atoms with Crippen LogP contribution in [0, 0.1) is 6.92 Å². The standard InChI is InChI=1S/C15H17NO4S/c1-11-5-7-12(8-6-11)21(18)16-13(10-15(17)19-2)14-4-3-9-20-14/h3-9,13,16H,10H2,1-2H3. The van der Waals surface area contributed by atoms with Crippen LogP contribution in [0.15, 0.2) is 52.0 Å². The average Bonchev–Trinajstić information content (AvgIpc) is 3.01. The Balaban J connectivity index is 2.12. The lowest BCUT2D eigenvalue weighted by Gasteiger charge is -2.15. The van der Waals surface area contributed by atoms with Gasteiger partial charge in [0.1, 0.15) is 16.7 Å². The molecule has 0 fully saturated rings. The number of hydrogen-bond acceptors (Lipinski definition) is 4. The first kappa shape index (κ1) is 15.5. The van der Waals surface area contributed by atoms with E-state index < -0.39 is 23.0 Å². The van der Waals surface area contributed by atoms with Crippen LogP contribution in [0.1, 0.15) is 23.8 Å². The number of carbonyl (C=O) groups excluding carboxylic acids is 1. The fraction of sp³-hybridized carbons (Fsp3) is 0.267. The molecule has 0 spiro atoms. The van der Waals surface area contributed by atoms with Gasteiger partial charge in [-0.25, -0.2) is 8.93 Å². The molecule has 1 aromatic heterocycles. The molecule has 0 aliphatic heterocycles. The van der Waals surface area contributed by atoms with Crippen molar-refractivity contribution in [2.24, 2.45) is 0 Å². The van der Waals surface area contributed by atoms with Crippen molar-refractivity contribution in [1.82, 2.24) is 4.72 Å². The summed E-state index contributed by atoms with van der Waals surface area (Å²) < 4.78 is 25.2. The third-order valence-corrected chi connectivity index (χ3v) is 4.17. The molecule has 0 saturated heterocycles. The van der Waals surface area contributed by atoms with Gasteiger partial charge in [0.15, 0.2) is 0 Å². The lowest BCUT2D eigenvalue weighted by atomic mass is 10.2. The van der Waals surface area contributed by atoms with Gasteiger partial charge in [0.2, 0.25) is 0 Å². The number of benzene rings is 1. The van der Waals surface area contributed by atoms with Gasteiger partial charge >= 0.3 is 5.97 Å². The third-order valence-electron chi connectivity index (χ3n) is 2.97. The second kappa shape index (κ2) is 7.19. The predicted octanol–water partition coefficient (Wildman–Crippen LogP) is 2.50. The average molecular weight is 307 g/mol. The molecule has 6 heteroatoms. The molecule has 0 radical (unpaired) electrons. The second-order valence-corrected chi connectivity index (χ2v) is 5.79. The number of carbonyl (C=O) groups is 1. The molecule has 112 valence electrons. The molecule has 0 amide bonds. The second-order valence-electron chi connectivity index (χ2n) is 4.55. The van der Waals surface area contributed by atoms with Crippen LogP contribution in [0.3, 0.4) is 0 Å². The van der Waals surface area contributed by atoms with E-state index in [0.29, 0.717) is 10.7 Å². The number of methoxy groups -OCH3 is 1. The quantitative estimate of drug-likeness (QED) is 0.833. The van der Waals surface area contributed by atoms with E-state index in [1.165, 1.54) is 13.4 Å². The van der Waals surface area contributed by atoms with Crippen LogP contribution in [-0.2, 0) is 20.5 Å². The van der Waals surface area contributed by atoms with E-state index in [0.717, 1.165) is 5.56 Å². The SMILES string of the molecule is COC(=O)CC(NS(=O)c1ccc(C)cc1)c1ccco1. The van der Waals surface area contributed by atoms with E-state index in [1.54, 1.807) is 24.3 Å². The first-order valence-electron chi connectivity index (χ1n) is 6.45. The van der Waals surface area contributed by atoms with Crippen LogP contribution in [0.5, 0.6) is 0 Å². The highest BCUT2D eigenvalue weighted by atomic mass is 32.2. The van der Waals surface area contributed by atoms with Gasteiger partial charge in [-0.15, -0.1) is 0 Å². The van der Waals surface area contributed by atoms with Gasteiger partial charge in [-0.05, 0) is 31.2 Å². The summed E-state index contributed by atoms with van der Waals surface area (Å²) in [5.74, 6) is 0.144. The molecule has 0 bridgehead atoms. The lowest BCUT2D eigenvalue weighted by molar-refractivity contribution is -0.141. The van der Waals surface area contributed by atoms with Crippen LogP contribution in [-0.4, -0.2) is 17.3 Å². The molecular weight excluding hydrogens is 290 g/mol. The van der Waals surface area contributed by atoms with Crippen molar-refractivity contribution in [2.75, 3.05) is 7.11 Å². The minimum atomic E-state index is -1.44. The topological polar surface area (TPSA) is 68.5 Å². The number of nitrogens with one attached hydrogen (secondary N) is 1. The molecule has 1 heterocycles. The molecule has 2 aromatic rings. The predicted molar refractivity (Wildman–Crippen MR) is 78.8 cm³/mol. The number of ether oxygens (including phenoxy) is 1. The molecule has 2 atom stereocenters. The van der Waals surface area contributed by atoms with E-state index in [2.05, 4.69) is 9.46 Å². The first-order chi connectivity index (χ1) is 10.1. The van der Waals surface area contributed by atoms with E-state index in [-0.39, 0.29) is 6.42 Å². The monoisotopic (exact) mass is 307 g/mol. The molecule has 1 N–H and O–H groups in total. The molecule has 2 unspecified atom stereocenters. The summed E-state index contributed by atoms with van der Waals surface area (Å²) in [7, 11) is -0.125. The zero-order valence-corrected chi connectivity index (χ0v) is 12.7. The number of esters is 1. The van der Waals surface area contributed by atoms with Crippen LogP contribution >= 0.6 is 0 Å². The summed E-state index contributed by atoms with van der Waals surface area (Å²) in [6, 6.07) is 10.3. The Morgan fingerprint density at radius 1 is 1.33 bits per heavy atom. The highest BCUT2D eigenvalue weighted by Crippen LogP contribution is 2.20. The van der Waals surface area contributed by atoms with Gasteiger partial charge in [-0.1, -0.05) is 17.7 Å². The molecule has 1 aromatic carbocycles. The van der Waals surface area contributed by atoms with E-state index >= 15 is 0 Å². The maximum absolute atomic E-state index is 12.3. The fourth-order valence-electron chi connectivity index (χ4n) is 1.80. The van der Waals surface area contributed by atoms with Crippen molar-refractivity contribution in [1.29, 1.82) is 0 Å². The molecule has 5 nitrogen and oxygen atoms in total. The molecule has 0 saturated carbocycles. The summed E-state index contributed by atoms with van der Waals surface area (Å²) in [5, 5.41) is 0. The maximum Gasteiger partial charge on any atom is 0.307 e. The van der Waals surface area contributed by atoms with Gasteiger partial charge in [0.25, 0.3) is 0 Å². The smallest absolute Gasteiger partial charge is 0.307 e. The first-order valence-corrected chi connectivity index (χ1v) is 7.60. The number of aryl methyl sites for hydroxylation is 1. The maximum atomic E-state index is 12.3. The minimum absolute atomic E-state index is 0.0433. The Kier molecular flexibility index (Phi) is 5.30. The van der Waals surface area contributed by atoms with Gasteiger partial charge in [0, 0.05) is 0 Å². The number of hydrogen-bond donors (Lipinski definition) is 1. The van der Waals surface area contributed by atoms with Crippen molar-refractivity contribution >= 4 is 17.0 Å². The van der Waals surface area contributed by atoms with Crippen LogP contribution < -0.4 is 4.72 Å². The van der Waals surface area contributed by atoms with Crippen molar-refractivity contribution in [3.8, 4) is 0 Å². The Morgan fingerprint density at radius 3 is 2.62 bits per heavy atom. The summed E-state index contributed by atoms with van der Waals surface area (Å²) >= 11 is 0. The van der Waals surface area contributed by atoms with Crippen molar-refractivity contribution < 1.29 is 18.2 Å². The molecule has 2 rings (SSSR count). The Morgan fingerprint density at radius 2 is 2.05 bits per heavy atom. The number of furan rings is 1. The van der Waals surface area contributed by atoms with E-state index in [1.807, 2.05) is 19.1 Å². The summed E-state index contributed by atoms with van der Waals surface area (Å²) in [6.45, 7) is 1.96. The Hall–Kier alpha value is -1.92. The highest BCUT2D eigenvalue weighted by Gasteiger charge is 2.21. The minimum Gasteiger partial charge on any atom is -0.469 e. The summed E-state index contributed by atoms with van der Waals surface area (Å²) in [6.07, 6.45) is 1.55. The van der Waals surface area contributed by atoms with Gasteiger partial charge in [0.05, 0.1) is 30.7 Å². The van der Waals surface area contributed by atoms with Crippen LogP contribution in [0.4, 0.5) is 0 Å². The van der Waals surface area contributed by atoms with Gasteiger partial charge < -0.3 is 9.15 Å². The molecule has 21 heavy (non-hydrogen) atoms. The highest BCUT2D eigenvalue weighted by molar-refractivity contribution is 7.83. The summed E-state index contributed by atoms with van der Waals surface area (Å²) in [5.41, 5.74) is 1.09. The fourth-order valence-corrected chi connectivity index (χ4v) is 2.78. The third kappa shape index (κ3) is 4.27. The normalized spacial score (nSPS) is 13.6. The lowest BCUT2D eigenvalue weighted by Crippen LogP contribution is -2.26. The zero-order valence-electron chi connectivity index (χ0n) is 11.9. The Labute approximate surface area is 125 Å². The number of rotatable bonds is 6. The van der Waals surface area contributed by atoms with Crippen molar-refractivity contribution in [3.63, 3.8) is 0 Å².